The molecule has 2 atom stereocenters. The zero-order chi connectivity index (χ0) is 31.8. The summed E-state index contributed by atoms with van der Waals surface area (Å²) in [5.74, 6) is 2.53. The summed E-state index contributed by atoms with van der Waals surface area (Å²) >= 11 is 1.96. The summed E-state index contributed by atoms with van der Waals surface area (Å²) in [6.07, 6.45) is 15.0. The number of thioether (sulfide) groups is 1. The molecule has 0 aromatic heterocycles. The zero-order valence-corrected chi connectivity index (χ0v) is 29.5. The van der Waals surface area contributed by atoms with Crippen LogP contribution in [0.1, 0.15) is 108 Å². The number of hydrogen-bond acceptors (Lipinski definition) is 5. The van der Waals surface area contributed by atoms with E-state index in [1.807, 2.05) is 42.1 Å². The number of carbonyl (C=O) groups excluding carboxylic acids is 1. The van der Waals surface area contributed by atoms with Crippen molar-refractivity contribution in [1.82, 2.24) is 9.80 Å². The molecular weight excluding hydrogens is 561 g/mol. The highest BCUT2D eigenvalue weighted by atomic mass is 32.2. The number of piperazine rings is 1. The highest BCUT2D eigenvalue weighted by molar-refractivity contribution is 8.00. The maximum absolute atomic E-state index is 12.8. The summed E-state index contributed by atoms with van der Waals surface area (Å²) in [6.45, 7) is 18.4. The van der Waals surface area contributed by atoms with E-state index in [0.717, 1.165) is 42.5 Å². The van der Waals surface area contributed by atoms with Crippen LogP contribution >= 0.6 is 11.8 Å². The number of hydrogen-bond donors (Lipinski definition) is 0. The molecular formula is C39H60N2O2S. The first kappa shape index (κ1) is 36.4. The Morgan fingerprint density at radius 1 is 0.886 bits per heavy atom. The molecule has 2 aromatic carbocycles. The van der Waals surface area contributed by atoms with Crippen molar-refractivity contribution in [3.63, 3.8) is 0 Å². The summed E-state index contributed by atoms with van der Waals surface area (Å²) in [5, 5.41) is 0. The van der Waals surface area contributed by atoms with Gasteiger partial charge in [0.15, 0.2) is 5.78 Å². The van der Waals surface area contributed by atoms with Crippen molar-refractivity contribution in [1.29, 1.82) is 0 Å². The van der Waals surface area contributed by atoms with E-state index in [-0.39, 0.29) is 10.5 Å². The Balaban J connectivity index is 1.33. The molecule has 5 heteroatoms. The lowest BCUT2D eigenvalue weighted by Crippen LogP contribution is -2.44. The van der Waals surface area contributed by atoms with E-state index in [1.54, 1.807) is 6.08 Å². The summed E-state index contributed by atoms with van der Waals surface area (Å²) in [7, 11) is 2.19. The molecule has 0 amide bonds. The van der Waals surface area contributed by atoms with E-state index in [9.17, 15) is 4.79 Å². The Hall–Kier alpha value is -2.08. The SMILES string of the molecule is CCC(C)CCCC(C)CCCC(C)(C)Sc1ccc(/C=C/C(=O)c2ccc(OCCCCN3CCN(C)CC3)cc2)cc1. The average Bonchev–Trinajstić information content (AvgIpc) is 3.01. The number of unbranched alkanes of at least 4 members (excludes halogenated alkanes) is 1. The average molecular weight is 621 g/mol. The van der Waals surface area contributed by atoms with E-state index >= 15 is 0 Å². The first-order valence-electron chi connectivity index (χ1n) is 17.3. The molecule has 1 saturated heterocycles. The molecule has 44 heavy (non-hydrogen) atoms. The number of nitrogens with zero attached hydrogens (tertiary/aromatic N) is 2. The number of allylic oxidation sites excluding steroid dienone is 1. The Morgan fingerprint density at radius 2 is 1.55 bits per heavy atom. The van der Waals surface area contributed by atoms with E-state index in [1.165, 1.54) is 76.0 Å². The Bertz CT molecular complexity index is 1100. The second kappa shape index (κ2) is 19.4. The lowest BCUT2D eigenvalue weighted by Gasteiger charge is -2.32. The molecule has 1 aliphatic heterocycles. The molecule has 1 fully saturated rings. The molecule has 0 saturated carbocycles. The predicted octanol–water partition coefficient (Wildman–Crippen LogP) is 9.88. The third-order valence-electron chi connectivity index (χ3n) is 9.14. The van der Waals surface area contributed by atoms with Crippen molar-refractivity contribution in [2.75, 3.05) is 46.4 Å². The molecule has 2 unspecified atom stereocenters. The van der Waals surface area contributed by atoms with Gasteiger partial charge in [-0.1, -0.05) is 91.4 Å². The fourth-order valence-electron chi connectivity index (χ4n) is 5.74. The molecule has 1 heterocycles. The van der Waals surface area contributed by atoms with Gasteiger partial charge in [-0.2, -0.15) is 0 Å². The van der Waals surface area contributed by atoms with Crippen LogP contribution in [0.3, 0.4) is 0 Å². The fourth-order valence-corrected chi connectivity index (χ4v) is 6.90. The number of benzene rings is 2. The highest BCUT2D eigenvalue weighted by Crippen LogP contribution is 2.37. The summed E-state index contributed by atoms with van der Waals surface area (Å²) in [4.78, 5) is 19.0. The minimum absolute atomic E-state index is 0.0115. The van der Waals surface area contributed by atoms with Crippen LogP contribution in [0.5, 0.6) is 5.75 Å². The van der Waals surface area contributed by atoms with Crippen LogP contribution in [0.25, 0.3) is 6.08 Å². The van der Waals surface area contributed by atoms with Gasteiger partial charge in [0.1, 0.15) is 5.75 Å². The monoisotopic (exact) mass is 620 g/mol. The predicted molar refractivity (Wildman–Crippen MR) is 191 cm³/mol. The van der Waals surface area contributed by atoms with Crippen LogP contribution in [0.2, 0.25) is 0 Å². The van der Waals surface area contributed by atoms with Gasteiger partial charge in [0.2, 0.25) is 0 Å². The van der Waals surface area contributed by atoms with Gasteiger partial charge in [0, 0.05) is 41.4 Å². The standard InChI is InChI=1S/C39H60N2O2S/c1-7-32(2)12-10-13-33(3)14-11-25-39(4,5)44-37-22-15-34(16-23-37)17-24-38(42)35-18-20-36(21-19-35)43-31-9-8-26-41-29-27-40(6)28-30-41/h15-24,32-33H,7-14,25-31H2,1-6H3/b24-17+. The second-order valence-electron chi connectivity index (χ2n) is 13.8. The maximum atomic E-state index is 12.8. The van der Waals surface area contributed by atoms with Crippen LogP contribution in [-0.2, 0) is 0 Å². The number of ether oxygens (including phenoxy) is 1. The highest BCUT2D eigenvalue weighted by Gasteiger charge is 2.20. The van der Waals surface area contributed by atoms with Crippen molar-refractivity contribution < 1.29 is 9.53 Å². The number of carbonyl (C=O) groups is 1. The van der Waals surface area contributed by atoms with Crippen LogP contribution in [0.15, 0.2) is 59.5 Å². The van der Waals surface area contributed by atoms with E-state index in [2.05, 4.69) is 75.7 Å². The third kappa shape index (κ3) is 14.3. The van der Waals surface area contributed by atoms with Gasteiger partial charge >= 0.3 is 0 Å². The van der Waals surface area contributed by atoms with Gasteiger partial charge in [-0.25, -0.2) is 0 Å². The Kier molecular flexibility index (Phi) is 16.1. The minimum Gasteiger partial charge on any atom is -0.494 e. The second-order valence-corrected chi connectivity index (χ2v) is 15.6. The Labute approximate surface area is 274 Å². The molecule has 0 bridgehead atoms. The van der Waals surface area contributed by atoms with Gasteiger partial charge in [-0.15, -0.1) is 11.8 Å². The van der Waals surface area contributed by atoms with Gasteiger partial charge < -0.3 is 14.5 Å². The zero-order valence-electron chi connectivity index (χ0n) is 28.7. The molecule has 244 valence electrons. The summed E-state index contributed by atoms with van der Waals surface area (Å²) < 4.78 is 6.13. The molecule has 0 aliphatic carbocycles. The molecule has 0 spiro atoms. The van der Waals surface area contributed by atoms with Crippen molar-refractivity contribution >= 4 is 23.6 Å². The van der Waals surface area contributed by atoms with Crippen LogP contribution in [0, 0.1) is 11.8 Å². The van der Waals surface area contributed by atoms with Gasteiger partial charge in [0.05, 0.1) is 6.61 Å². The van der Waals surface area contributed by atoms with Crippen molar-refractivity contribution in [3.8, 4) is 5.75 Å². The number of likely N-dealkylation sites (N-methyl/N-ethyl adjacent to an activating group) is 1. The summed E-state index contributed by atoms with van der Waals surface area (Å²) in [5.41, 5.74) is 1.73. The van der Waals surface area contributed by atoms with Crippen LogP contribution < -0.4 is 4.74 Å². The lowest BCUT2D eigenvalue weighted by molar-refractivity contribution is 0.104. The van der Waals surface area contributed by atoms with E-state index in [0.29, 0.717) is 12.2 Å². The van der Waals surface area contributed by atoms with Gasteiger partial charge in [-0.05, 0) is 92.7 Å². The van der Waals surface area contributed by atoms with Gasteiger partial charge in [0.25, 0.3) is 0 Å². The largest absolute Gasteiger partial charge is 0.494 e. The first-order chi connectivity index (χ1) is 21.1. The topological polar surface area (TPSA) is 32.8 Å². The van der Waals surface area contributed by atoms with Crippen molar-refractivity contribution in [2.24, 2.45) is 11.8 Å². The van der Waals surface area contributed by atoms with Gasteiger partial charge in [-0.3, -0.25) is 4.79 Å². The smallest absolute Gasteiger partial charge is 0.185 e. The van der Waals surface area contributed by atoms with Crippen LogP contribution in [-0.4, -0.2) is 66.7 Å². The molecule has 0 N–H and O–H groups in total. The molecule has 3 rings (SSSR count). The summed E-state index contributed by atoms with van der Waals surface area (Å²) in [6, 6.07) is 16.1. The third-order valence-corrected chi connectivity index (χ3v) is 10.4. The fraction of sp³-hybridized carbons (Fsp3) is 0.615. The minimum atomic E-state index is 0.0115. The first-order valence-corrected chi connectivity index (χ1v) is 18.1. The Morgan fingerprint density at radius 3 is 2.23 bits per heavy atom. The van der Waals surface area contributed by atoms with Crippen LogP contribution in [0.4, 0.5) is 0 Å². The molecule has 1 aliphatic rings. The lowest BCUT2D eigenvalue weighted by atomic mass is 9.93. The van der Waals surface area contributed by atoms with Crippen molar-refractivity contribution in [2.45, 2.75) is 102 Å². The van der Waals surface area contributed by atoms with Crippen molar-refractivity contribution in [3.05, 3.63) is 65.7 Å². The number of ketones is 1. The van der Waals surface area contributed by atoms with E-state index < -0.39 is 0 Å². The molecule has 4 nitrogen and oxygen atoms in total. The molecule has 2 aromatic rings. The maximum Gasteiger partial charge on any atom is 0.185 e. The normalized spacial score (nSPS) is 16.3. The molecule has 0 radical (unpaired) electrons. The quantitative estimate of drug-likeness (QED) is 0.0637. The van der Waals surface area contributed by atoms with E-state index in [4.69, 9.17) is 4.74 Å². The number of rotatable bonds is 20.